The molecular weight excluding hydrogens is 324 g/mol. The minimum atomic E-state index is -1.09. The number of hydrazone groups is 1. The number of carbonyl (C=O) groups excluding carboxylic acids is 1. The Morgan fingerprint density at radius 3 is 2.52 bits per heavy atom. The van der Waals surface area contributed by atoms with Crippen molar-refractivity contribution < 1.29 is 24.2 Å². The van der Waals surface area contributed by atoms with Crippen LogP contribution in [0.3, 0.4) is 0 Å². The van der Waals surface area contributed by atoms with Crippen LogP contribution in [-0.4, -0.2) is 48.5 Å². The van der Waals surface area contributed by atoms with Crippen molar-refractivity contribution >= 4 is 17.6 Å². The monoisotopic (exact) mass is 344 g/mol. The van der Waals surface area contributed by atoms with Crippen LogP contribution in [0.1, 0.15) is 18.4 Å². The highest BCUT2D eigenvalue weighted by Gasteiger charge is 2.40. The van der Waals surface area contributed by atoms with Crippen molar-refractivity contribution in [1.82, 2.24) is 5.01 Å². The Balaban J connectivity index is 2.05. The van der Waals surface area contributed by atoms with Crippen molar-refractivity contribution in [2.75, 3.05) is 20.8 Å². The van der Waals surface area contributed by atoms with E-state index < -0.39 is 12.5 Å². The van der Waals surface area contributed by atoms with Crippen molar-refractivity contribution in [2.45, 2.75) is 12.8 Å². The van der Waals surface area contributed by atoms with Gasteiger partial charge >= 0.3 is 5.97 Å². The summed E-state index contributed by atoms with van der Waals surface area (Å²) < 4.78 is 10.6. The largest absolute Gasteiger partial charge is 0.493 e. The van der Waals surface area contributed by atoms with E-state index >= 15 is 0 Å². The van der Waals surface area contributed by atoms with Crippen molar-refractivity contribution in [3.63, 3.8) is 0 Å². The molecule has 0 aromatic heterocycles. The molecule has 1 N–H and O–H groups in total. The molecule has 0 fully saturated rings. The van der Waals surface area contributed by atoms with Gasteiger partial charge in [0.15, 0.2) is 11.5 Å². The molecule has 132 valence electrons. The number of aliphatic carboxylic acids is 1. The highest BCUT2D eigenvalue weighted by Crippen LogP contribution is 2.36. The van der Waals surface area contributed by atoms with Gasteiger partial charge in [-0.3, -0.25) is 9.59 Å². The number of nitrogens with zero attached hydrogens (tertiary/aromatic N) is 2. The molecule has 1 heterocycles. The molecular formula is C18H20N2O5. The number of carboxylic acid groups (broad SMARTS) is 1. The molecule has 2 aliphatic rings. The molecule has 1 aromatic rings. The topological polar surface area (TPSA) is 88.4 Å². The molecule has 1 aliphatic heterocycles. The van der Waals surface area contributed by atoms with E-state index in [1.165, 1.54) is 0 Å². The summed E-state index contributed by atoms with van der Waals surface area (Å²) in [6.07, 6.45) is 5.30. The first-order chi connectivity index (χ1) is 12.0. The average Bonchev–Trinajstić information content (AvgIpc) is 2.63. The lowest BCUT2D eigenvalue weighted by Gasteiger charge is -2.36. The van der Waals surface area contributed by atoms with Crippen molar-refractivity contribution in [3.05, 3.63) is 35.9 Å². The molecule has 1 aliphatic carbocycles. The van der Waals surface area contributed by atoms with Gasteiger partial charge < -0.3 is 14.6 Å². The summed E-state index contributed by atoms with van der Waals surface area (Å²) in [5, 5.41) is 14.5. The molecule has 7 heteroatoms. The summed E-state index contributed by atoms with van der Waals surface area (Å²) in [5.74, 6) is -0.520. The van der Waals surface area contributed by atoms with Crippen LogP contribution >= 0.6 is 0 Å². The fourth-order valence-electron chi connectivity index (χ4n) is 3.34. The molecule has 1 amide bonds. The van der Waals surface area contributed by atoms with E-state index in [0.29, 0.717) is 30.1 Å². The Hall–Kier alpha value is -2.83. The van der Waals surface area contributed by atoms with Gasteiger partial charge in [0.25, 0.3) is 0 Å². The number of hydrogen-bond acceptors (Lipinski definition) is 5. The first-order valence-corrected chi connectivity index (χ1v) is 8.04. The van der Waals surface area contributed by atoms with Crippen LogP contribution in [0.4, 0.5) is 0 Å². The Bertz CT molecular complexity index is 756. The molecule has 0 radical (unpaired) electrons. The van der Waals surface area contributed by atoms with Gasteiger partial charge in [-0.05, 0) is 31.0 Å². The maximum absolute atomic E-state index is 12.6. The third-order valence-electron chi connectivity index (χ3n) is 4.55. The lowest BCUT2D eigenvalue weighted by molar-refractivity contribution is -0.147. The van der Waals surface area contributed by atoms with Crippen LogP contribution in [0.5, 0.6) is 11.5 Å². The molecule has 7 nitrogen and oxygen atoms in total. The number of allylic oxidation sites excluding steroid dienone is 2. The first-order valence-electron chi connectivity index (χ1n) is 8.04. The Morgan fingerprint density at radius 2 is 1.88 bits per heavy atom. The van der Waals surface area contributed by atoms with Gasteiger partial charge in [0.2, 0.25) is 5.91 Å². The van der Waals surface area contributed by atoms with Crippen molar-refractivity contribution in [1.29, 1.82) is 0 Å². The number of carbonyl (C=O) groups is 2. The lowest BCUT2D eigenvalue weighted by Crippen LogP contribution is -2.46. The first kappa shape index (κ1) is 17.0. The van der Waals surface area contributed by atoms with E-state index in [0.717, 1.165) is 10.6 Å². The van der Waals surface area contributed by atoms with E-state index in [1.807, 2.05) is 24.3 Å². The zero-order chi connectivity index (χ0) is 18.0. The number of methoxy groups -OCH3 is 2. The van der Waals surface area contributed by atoms with E-state index in [4.69, 9.17) is 14.6 Å². The highest BCUT2D eigenvalue weighted by atomic mass is 16.5. The number of carboxylic acids is 1. The maximum atomic E-state index is 12.6. The standard InChI is InChI=1S/C18H20N2O5/c1-24-14-8-7-11(9-15(14)25-2)17-12-5-3-4-6-13(12)18(23)20(19-17)10-16(21)22/h3-4,7-9,12-13H,5-6,10H2,1-2H3,(H,21,22)/t12-,13+/m0/s1. The van der Waals surface area contributed by atoms with Gasteiger partial charge in [-0.15, -0.1) is 0 Å². The second-order valence-electron chi connectivity index (χ2n) is 6.00. The number of benzene rings is 1. The van der Waals surface area contributed by atoms with Gasteiger partial charge in [-0.2, -0.15) is 5.10 Å². The van der Waals surface area contributed by atoms with Crippen LogP contribution in [-0.2, 0) is 9.59 Å². The maximum Gasteiger partial charge on any atom is 0.325 e. The van der Waals surface area contributed by atoms with Crippen LogP contribution < -0.4 is 9.47 Å². The fraction of sp³-hybridized carbons (Fsp3) is 0.389. The molecule has 0 unspecified atom stereocenters. The van der Waals surface area contributed by atoms with Crippen LogP contribution in [0, 0.1) is 11.8 Å². The molecule has 2 atom stereocenters. The molecule has 0 saturated heterocycles. The molecule has 0 spiro atoms. The third-order valence-corrected chi connectivity index (χ3v) is 4.55. The average molecular weight is 344 g/mol. The molecule has 0 bridgehead atoms. The zero-order valence-corrected chi connectivity index (χ0v) is 14.1. The minimum absolute atomic E-state index is 0.0688. The zero-order valence-electron chi connectivity index (χ0n) is 14.1. The molecule has 0 saturated carbocycles. The van der Waals surface area contributed by atoms with E-state index in [2.05, 4.69) is 5.10 Å². The Morgan fingerprint density at radius 1 is 1.20 bits per heavy atom. The van der Waals surface area contributed by atoms with Crippen LogP contribution in [0.2, 0.25) is 0 Å². The third kappa shape index (κ3) is 3.22. The second-order valence-corrected chi connectivity index (χ2v) is 6.00. The van der Waals surface area contributed by atoms with Crippen molar-refractivity contribution in [3.8, 4) is 11.5 Å². The number of amides is 1. The quantitative estimate of drug-likeness (QED) is 0.825. The number of rotatable bonds is 5. The number of fused-ring (bicyclic) bond motifs is 1. The van der Waals surface area contributed by atoms with Crippen molar-refractivity contribution in [2.24, 2.45) is 16.9 Å². The summed E-state index contributed by atoms with van der Waals surface area (Å²) >= 11 is 0. The summed E-state index contributed by atoms with van der Waals surface area (Å²) in [5.41, 5.74) is 1.50. The number of ether oxygens (including phenoxy) is 2. The molecule has 3 rings (SSSR count). The molecule has 25 heavy (non-hydrogen) atoms. The lowest BCUT2D eigenvalue weighted by atomic mass is 9.76. The van der Waals surface area contributed by atoms with Gasteiger partial charge in [-0.1, -0.05) is 12.2 Å². The summed E-state index contributed by atoms with van der Waals surface area (Å²) in [6, 6.07) is 5.44. The van der Waals surface area contributed by atoms with Crippen LogP contribution in [0.25, 0.3) is 0 Å². The van der Waals surface area contributed by atoms with Gasteiger partial charge in [0.1, 0.15) is 6.54 Å². The van der Waals surface area contributed by atoms with E-state index in [1.54, 1.807) is 20.3 Å². The Kier molecular flexibility index (Phi) is 4.74. The SMILES string of the molecule is COc1ccc(C2=NN(CC(=O)O)C(=O)[C@@H]3CC=CC[C@H]23)cc1OC. The minimum Gasteiger partial charge on any atom is -0.493 e. The summed E-state index contributed by atoms with van der Waals surface area (Å²) in [4.78, 5) is 23.7. The van der Waals surface area contributed by atoms with Gasteiger partial charge in [0, 0.05) is 11.5 Å². The Labute approximate surface area is 145 Å². The summed E-state index contributed by atoms with van der Waals surface area (Å²) in [6.45, 7) is -0.442. The van der Waals surface area contributed by atoms with E-state index in [9.17, 15) is 9.59 Å². The molecule has 1 aromatic carbocycles. The fourth-order valence-corrected chi connectivity index (χ4v) is 3.34. The second kappa shape index (κ2) is 6.96. The van der Waals surface area contributed by atoms with Gasteiger partial charge in [0.05, 0.1) is 25.8 Å². The normalized spacial score (nSPS) is 22.2. The predicted octanol–water partition coefficient (Wildman–Crippen LogP) is 1.92. The van der Waals surface area contributed by atoms with Gasteiger partial charge in [-0.25, -0.2) is 5.01 Å². The van der Waals surface area contributed by atoms with Crippen LogP contribution in [0.15, 0.2) is 35.5 Å². The summed E-state index contributed by atoms with van der Waals surface area (Å²) in [7, 11) is 3.11. The predicted molar refractivity (Wildman–Crippen MR) is 90.8 cm³/mol. The number of hydrogen-bond donors (Lipinski definition) is 1. The smallest absolute Gasteiger partial charge is 0.325 e. The highest BCUT2D eigenvalue weighted by molar-refractivity contribution is 6.07. The van der Waals surface area contributed by atoms with E-state index in [-0.39, 0.29) is 17.7 Å².